The first-order valence-corrected chi connectivity index (χ1v) is 11.6. The van der Waals surface area contributed by atoms with Crippen LogP contribution in [0.1, 0.15) is 59.4 Å². The molecule has 0 bridgehead atoms. The van der Waals surface area contributed by atoms with Crippen LogP contribution in [0.2, 0.25) is 0 Å². The minimum Gasteiger partial charge on any atom is -0.507 e. The number of fused-ring (bicyclic) bond motifs is 1. The molecule has 1 aliphatic rings. The van der Waals surface area contributed by atoms with Crippen LogP contribution in [0.25, 0.3) is 11.3 Å². The molecule has 3 N–H and O–H groups in total. The molecule has 0 fully saturated rings. The Bertz CT molecular complexity index is 1170. The van der Waals surface area contributed by atoms with E-state index in [9.17, 15) is 15.0 Å². The first-order valence-electron chi connectivity index (χ1n) is 11.6. The number of aromatic amines is 1. The first-order chi connectivity index (χ1) is 16.5. The van der Waals surface area contributed by atoms with E-state index < -0.39 is 6.04 Å². The number of amides is 1. The van der Waals surface area contributed by atoms with Gasteiger partial charge in [0.15, 0.2) is 11.5 Å². The van der Waals surface area contributed by atoms with E-state index in [1.54, 1.807) is 18.1 Å². The molecule has 0 radical (unpaired) electrons. The zero-order valence-corrected chi connectivity index (χ0v) is 19.8. The number of phenols is 1. The molecule has 0 spiro atoms. The number of ether oxygens (including phenoxy) is 2. The number of hydrogen-bond acceptors (Lipinski definition) is 6. The van der Waals surface area contributed by atoms with Gasteiger partial charge in [0.2, 0.25) is 0 Å². The third-order valence-electron chi connectivity index (χ3n) is 6.09. The minimum absolute atomic E-state index is 0.0261. The lowest BCUT2D eigenvalue weighted by Gasteiger charge is -2.27. The zero-order chi connectivity index (χ0) is 24.2. The highest BCUT2D eigenvalue weighted by Crippen LogP contribution is 2.46. The Balaban J connectivity index is 1.82. The number of nitrogens with one attached hydrogen (secondary N) is 1. The van der Waals surface area contributed by atoms with Gasteiger partial charge in [0, 0.05) is 24.3 Å². The fourth-order valence-electron chi connectivity index (χ4n) is 4.36. The highest BCUT2D eigenvalue weighted by molar-refractivity contribution is 6.00. The van der Waals surface area contributed by atoms with Crippen LogP contribution in [-0.4, -0.2) is 58.1 Å². The van der Waals surface area contributed by atoms with Crippen LogP contribution in [-0.2, 0) is 0 Å². The van der Waals surface area contributed by atoms with Crippen molar-refractivity contribution >= 4 is 5.91 Å². The number of H-pyrrole nitrogens is 1. The van der Waals surface area contributed by atoms with Crippen molar-refractivity contribution in [3.8, 4) is 28.5 Å². The number of aromatic nitrogens is 2. The van der Waals surface area contributed by atoms with Gasteiger partial charge in [-0.05, 0) is 49.6 Å². The largest absolute Gasteiger partial charge is 0.507 e. The van der Waals surface area contributed by atoms with Crippen LogP contribution in [0.4, 0.5) is 0 Å². The van der Waals surface area contributed by atoms with Gasteiger partial charge in [0.05, 0.1) is 19.8 Å². The molecular formula is C26H31N3O5. The molecule has 0 aliphatic carbocycles. The molecule has 0 saturated heterocycles. The molecular weight excluding hydrogens is 434 g/mol. The molecule has 4 rings (SSSR count). The summed E-state index contributed by atoms with van der Waals surface area (Å²) in [5.41, 5.74) is 3.98. The summed E-state index contributed by atoms with van der Waals surface area (Å²) in [5, 5.41) is 27.3. The maximum absolute atomic E-state index is 13.3. The Kier molecular flexibility index (Phi) is 7.07. The second-order valence-corrected chi connectivity index (χ2v) is 8.47. The number of carbonyl (C=O) groups is 1. The van der Waals surface area contributed by atoms with Crippen molar-refractivity contribution in [3.63, 3.8) is 0 Å². The lowest BCUT2D eigenvalue weighted by atomic mass is 9.94. The molecule has 3 aromatic rings. The Morgan fingerprint density at radius 2 is 1.97 bits per heavy atom. The third-order valence-corrected chi connectivity index (χ3v) is 6.09. The molecule has 1 aromatic heterocycles. The van der Waals surface area contributed by atoms with Crippen molar-refractivity contribution in [2.24, 2.45) is 0 Å². The number of nitrogens with zero attached hydrogens (tertiary/aromatic N) is 2. The number of benzene rings is 2. The van der Waals surface area contributed by atoms with E-state index in [4.69, 9.17) is 9.47 Å². The number of aliphatic hydroxyl groups excluding tert-OH is 1. The van der Waals surface area contributed by atoms with E-state index in [0.29, 0.717) is 53.6 Å². The van der Waals surface area contributed by atoms with Crippen LogP contribution in [0.5, 0.6) is 17.2 Å². The fourth-order valence-corrected chi connectivity index (χ4v) is 4.36. The van der Waals surface area contributed by atoms with Gasteiger partial charge in [-0.1, -0.05) is 31.0 Å². The minimum atomic E-state index is -0.457. The van der Waals surface area contributed by atoms with Crippen LogP contribution in [0, 0.1) is 6.92 Å². The molecule has 2 heterocycles. The van der Waals surface area contributed by atoms with Gasteiger partial charge in [-0.15, -0.1) is 0 Å². The Hall–Kier alpha value is -3.52. The summed E-state index contributed by atoms with van der Waals surface area (Å²) in [7, 11) is 1.59. The van der Waals surface area contributed by atoms with Gasteiger partial charge in [0.1, 0.15) is 17.1 Å². The molecule has 2 aromatic carbocycles. The van der Waals surface area contributed by atoms with Crippen molar-refractivity contribution in [2.75, 3.05) is 26.9 Å². The smallest absolute Gasteiger partial charge is 0.273 e. The number of aromatic hydroxyl groups is 1. The number of phenolic OH excluding ortho intramolecular Hbond substituents is 1. The SMILES string of the molecule is CCCCOc1ccc(C2c3c(-c4cc(C)ccc4O)n[nH]c3C(=O)N2CCCO)cc1OC. The third kappa shape index (κ3) is 4.33. The van der Waals surface area contributed by atoms with E-state index in [1.807, 2.05) is 37.3 Å². The second-order valence-electron chi connectivity index (χ2n) is 8.47. The van der Waals surface area contributed by atoms with Crippen molar-refractivity contribution in [1.29, 1.82) is 0 Å². The molecule has 34 heavy (non-hydrogen) atoms. The summed E-state index contributed by atoms with van der Waals surface area (Å²) in [6.45, 7) is 4.99. The molecule has 1 aliphatic heterocycles. The quantitative estimate of drug-likeness (QED) is 0.387. The molecule has 180 valence electrons. The average molecular weight is 466 g/mol. The maximum Gasteiger partial charge on any atom is 0.273 e. The van der Waals surface area contributed by atoms with Gasteiger partial charge < -0.3 is 24.6 Å². The highest BCUT2D eigenvalue weighted by atomic mass is 16.5. The Morgan fingerprint density at radius 3 is 2.71 bits per heavy atom. The van der Waals surface area contributed by atoms with E-state index in [0.717, 1.165) is 24.0 Å². The van der Waals surface area contributed by atoms with E-state index in [1.165, 1.54) is 0 Å². The molecule has 1 atom stereocenters. The number of aliphatic hydroxyl groups is 1. The number of methoxy groups -OCH3 is 1. The molecule has 1 unspecified atom stereocenters. The lowest BCUT2D eigenvalue weighted by molar-refractivity contribution is 0.0732. The van der Waals surface area contributed by atoms with Crippen LogP contribution < -0.4 is 9.47 Å². The number of hydrogen-bond donors (Lipinski definition) is 3. The second kappa shape index (κ2) is 10.2. The van der Waals surface area contributed by atoms with E-state index in [-0.39, 0.29) is 18.3 Å². The number of unbranched alkanes of at least 4 members (excludes halogenated alkanes) is 1. The lowest BCUT2D eigenvalue weighted by Crippen LogP contribution is -2.31. The number of rotatable bonds is 10. The van der Waals surface area contributed by atoms with Crippen molar-refractivity contribution < 1.29 is 24.5 Å². The molecule has 1 amide bonds. The fraction of sp³-hybridized carbons (Fsp3) is 0.385. The van der Waals surface area contributed by atoms with E-state index in [2.05, 4.69) is 17.1 Å². The monoisotopic (exact) mass is 465 g/mol. The first kappa shape index (κ1) is 23.6. The summed E-state index contributed by atoms with van der Waals surface area (Å²) in [5.74, 6) is 1.13. The van der Waals surface area contributed by atoms with E-state index >= 15 is 0 Å². The van der Waals surface area contributed by atoms with Gasteiger partial charge >= 0.3 is 0 Å². The zero-order valence-electron chi connectivity index (χ0n) is 19.8. The van der Waals surface area contributed by atoms with Crippen molar-refractivity contribution in [3.05, 3.63) is 58.8 Å². The topological polar surface area (TPSA) is 108 Å². The highest BCUT2D eigenvalue weighted by Gasteiger charge is 2.42. The summed E-state index contributed by atoms with van der Waals surface area (Å²) in [4.78, 5) is 15.1. The van der Waals surface area contributed by atoms with Crippen LogP contribution >= 0.6 is 0 Å². The summed E-state index contributed by atoms with van der Waals surface area (Å²) >= 11 is 0. The molecule has 0 saturated carbocycles. The van der Waals surface area contributed by atoms with Gasteiger partial charge in [0.25, 0.3) is 5.91 Å². The Labute approximate surface area is 199 Å². The van der Waals surface area contributed by atoms with Crippen LogP contribution in [0.15, 0.2) is 36.4 Å². The normalized spacial score (nSPS) is 15.0. The standard InChI is InChI=1S/C26H31N3O5/c1-4-5-13-34-20-10-8-17(15-21(20)33-3)25-22-23(18-14-16(2)7-9-19(18)31)27-28-24(22)26(32)29(25)11-6-12-30/h7-10,14-15,25,30-31H,4-6,11-13H2,1-3H3,(H,27,28). The van der Waals surface area contributed by atoms with Crippen molar-refractivity contribution in [2.45, 2.75) is 39.2 Å². The summed E-state index contributed by atoms with van der Waals surface area (Å²) in [6.07, 6.45) is 2.42. The predicted molar refractivity (Wildman–Crippen MR) is 128 cm³/mol. The van der Waals surface area contributed by atoms with Crippen molar-refractivity contribution in [1.82, 2.24) is 15.1 Å². The number of aryl methyl sites for hydroxylation is 1. The van der Waals surface area contributed by atoms with Crippen LogP contribution in [0.3, 0.4) is 0 Å². The molecule has 8 heteroatoms. The van der Waals surface area contributed by atoms with Gasteiger partial charge in [-0.2, -0.15) is 5.10 Å². The predicted octanol–water partition coefficient (Wildman–Crippen LogP) is 4.21. The molecule has 8 nitrogen and oxygen atoms in total. The van der Waals surface area contributed by atoms with Gasteiger partial charge in [-0.25, -0.2) is 0 Å². The summed E-state index contributed by atoms with van der Waals surface area (Å²) < 4.78 is 11.5. The van der Waals surface area contributed by atoms with Gasteiger partial charge in [-0.3, -0.25) is 9.89 Å². The summed E-state index contributed by atoms with van der Waals surface area (Å²) in [6, 6.07) is 10.5. The Morgan fingerprint density at radius 1 is 1.15 bits per heavy atom. The number of carbonyl (C=O) groups excluding carboxylic acids is 1. The maximum atomic E-state index is 13.3. The average Bonchev–Trinajstić information content (AvgIpc) is 3.38.